The molecule has 4 heterocycles. The number of rotatable bonds is 9. The number of alkyl carbamates (subject to hydrolysis) is 1. The third-order valence-electron chi connectivity index (χ3n) is 6.86. The normalized spacial score (nSPS) is 8.30. The summed E-state index contributed by atoms with van der Waals surface area (Å²) in [6, 6.07) is 5.45. The summed E-state index contributed by atoms with van der Waals surface area (Å²) in [7, 11) is -0.611. The van der Waals surface area contributed by atoms with Crippen molar-refractivity contribution in [3.05, 3.63) is 157 Å². The zero-order valence-electron chi connectivity index (χ0n) is 69.3. The molecule has 31 nitrogen and oxygen atoms in total. The minimum Gasteiger partial charge on any atom is -0.812 e. The van der Waals surface area contributed by atoms with Crippen molar-refractivity contribution in [2.24, 2.45) is 28.9 Å². The number of carbonyl (C=O) groups is 6. The molecule has 0 atom stereocenters. The number of carboxylic acids is 1. The third-order valence-corrected chi connectivity index (χ3v) is 6.86. The number of nitrogens with two attached hydrogens (primary N) is 5. The molecule has 7 amide bonds. The van der Waals surface area contributed by atoms with Gasteiger partial charge in [-0.25, -0.2) is 72.3 Å². The van der Waals surface area contributed by atoms with Gasteiger partial charge < -0.3 is 139 Å². The Morgan fingerprint density at radius 2 is 0.933 bits per heavy atom. The molecule has 0 aliphatic carbocycles. The topological polar surface area (TPSA) is 489 Å². The Labute approximate surface area is 773 Å². The van der Waals surface area contributed by atoms with Gasteiger partial charge in [0.1, 0.15) is 11.2 Å². The maximum absolute atomic E-state index is 11.6. The average Bonchev–Trinajstić information content (AvgIpc) is 1.71. The van der Waals surface area contributed by atoms with Crippen LogP contribution in [0, 0.1) is 90.9 Å². The minimum absolute atomic E-state index is 0. The molecule has 0 bridgehead atoms. The van der Waals surface area contributed by atoms with Crippen LogP contribution < -0.4 is 107 Å². The Hall–Kier alpha value is -2.30. The van der Waals surface area contributed by atoms with E-state index in [9.17, 15) is 33.6 Å². The number of primary amides is 2. The van der Waals surface area contributed by atoms with Crippen LogP contribution >= 0.6 is 15.9 Å². The molecule has 105 heavy (non-hydrogen) atoms. The number of ether oxygens (including phenoxy) is 2. The van der Waals surface area contributed by atoms with E-state index in [0.717, 1.165) is 28.5 Å². The van der Waals surface area contributed by atoms with Gasteiger partial charge in [0.05, 0.1) is 0 Å². The third kappa shape index (κ3) is 128. The summed E-state index contributed by atoms with van der Waals surface area (Å²) in [6.45, 7) is 55.6. The van der Waals surface area contributed by atoms with Gasteiger partial charge in [0.25, 0.3) is 6.03 Å². The minimum atomic E-state index is -1.10. The van der Waals surface area contributed by atoms with E-state index in [1.807, 2.05) is 109 Å². The van der Waals surface area contributed by atoms with Crippen molar-refractivity contribution in [3.63, 3.8) is 0 Å². The number of halogens is 1. The van der Waals surface area contributed by atoms with Gasteiger partial charge in [0.15, 0.2) is 17.3 Å². The van der Waals surface area contributed by atoms with Crippen LogP contribution in [0.15, 0.2) is 60.2 Å². The van der Waals surface area contributed by atoms with Crippen molar-refractivity contribution >= 4 is 60.1 Å². The molecule has 0 radical (unpaired) electrons. The first-order chi connectivity index (χ1) is 42.2. The number of nitrogens with zero attached hydrogens (tertiary/aromatic N) is 11. The van der Waals surface area contributed by atoms with E-state index in [0.29, 0.717) is 36.5 Å². The van der Waals surface area contributed by atoms with Crippen LogP contribution in [0.1, 0.15) is 187 Å². The van der Waals surface area contributed by atoms with E-state index < -0.39 is 49.3 Å². The predicted octanol–water partition coefficient (Wildman–Crippen LogP) is 9.08. The Morgan fingerprint density at radius 1 is 0.638 bits per heavy atom. The number of hydrogen-bond donors (Lipinski definition) is 10. The predicted molar refractivity (Wildman–Crippen MR) is 405 cm³/mol. The molecule has 0 aliphatic rings. The van der Waals surface area contributed by atoms with Crippen molar-refractivity contribution in [1.82, 2.24) is 70.9 Å². The van der Waals surface area contributed by atoms with Crippen molar-refractivity contribution in [2.75, 3.05) is 13.1 Å². The molecule has 0 fully saturated rings. The van der Waals surface area contributed by atoms with Crippen LogP contribution in [0.4, 0.5) is 19.2 Å². The number of nitrogens with one attached hydrogen (secondary N) is 4. The molecule has 15 N–H and O–H groups in total. The second kappa shape index (κ2) is 102. The van der Waals surface area contributed by atoms with Gasteiger partial charge in [-0.1, -0.05) is 81.6 Å². The van der Waals surface area contributed by atoms with Gasteiger partial charge in [-0.15, -0.1) is 19.1 Å². The van der Waals surface area contributed by atoms with E-state index in [4.69, 9.17) is 53.8 Å². The van der Waals surface area contributed by atoms with Gasteiger partial charge in [-0.05, 0) is 59.7 Å². The largest absolute Gasteiger partial charge is 2.00 e. The number of nitriles is 1. The summed E-state index contributed by atoms with van der Waals surface area (Å²) in [6.07, 6.45) is 8.36. The molecule has 4 aromatic heterocycles. The van der Waals surface area contributed by atoms with Crippen LogP contribution in [-0.4, -0.2) is 128 Å². The Kier molecular flexibility index (Phi) is 158. The maximum atomic E-state index is 11.6. The maximum Gasteiger partial charge on any atom is 2.00 e. The summed E-state index contributed by atoms with van der Waals surface area (Å²) < 4.78 is 11.0. The Morgan fingerprint density at radius 3 is 1.12 bits per heavy atom. The number of aromatic nitrogens is 9. The quantitative estimate of drug-likeness (QED) is 0.0186. The molecule has 604 valence electrons. The molecule has 0 aromatic carbocycles. The average molecular weight is 2620 g/mol. The second-order valence-corrected chi connectivity index (χ2v) is 29.1. The molecule has 0 saturated carbocycles. The SMILES string of the molecule is CC.CC.CC.CC(C)(C)OC(=O)NN.C[C-](C)Br.C[C-](C)CN.C[C-](C)CNC(=O)OC(C)(C)C.C[C-](C)N(N)C(N)=O.C[C-](C)N(NC(=O)c1ncccn1)C(N)=O.C[C-](C)n1nc(-c2ncccn2)[nH]c1=O.C[Si](C)(C)C.N#C[O-].O=C(O)c1ncccn1.[CH3-].[CH3-].[CH3-].[CH3-].[CH3-].[CH3-].[K+].[W+2].[W+2].[W+2].[W+2].[W+2].[W+2]. The number of carboxylic acid groups (broad SMARTS) is 1. The summed E-state index contributed by atoms with van der Waals surface area (Å²) >= 11 is 3.19. The number of amides is 7. The summed E-state index contributed by atoms with van der Waals surface area (Å²) in [4.78, 5) is 102. The van der Waals surface area contributed by atoms with E-state index >= 15 is 0 Å². The summed E-state index contributed by atoms with van der Waals surface area (Å²) in [5.41, 5.74) is 18.0. The van der Waals surface area contributed by atoms with Crippen LogP contribution in [0.25, 0.3) is 11.6 Å². The van der Waals surface area contributed by atoms with Crippen LogP contribution in [0.5, 0.6) is 0 Å². The van der Waals surface area contributed by atoms with Crippen molar-refractivity contribution in [2.45, 2.75) is 204 Å². The van der Waals surface area contributed by atoms with Gasteiger partial charge in [-0.2, -0.15) is 74.3 Å². The monoisotopic (exact) mass is 2620 g/mol. The van der Waals surface area contributed by atoms with E-state index in [-0.39, 0.29) is 246 Å². The van der Waals surface area contributed by atoms with Crippen molar-refractivity contribution in [1.29, 1.82) is 5.26 Å². The first kappa shape index (κ1) is 163. The Balaban J connectivity index is -0.0000000367. The molecule has 4 rings (SSSR count). The number of aromatic carboxylic acids is 1. The number of hydrogen-bond acceptors (Lipinski definition) is 21. The van der Waals surface area contributed by atoms with Crippen LogP contribution in [0.2, 0.25) is 26.2 Å². The fraction of sp³-hybridized carbons (Fsp3) is 0.492. The molecule has 0 aliphatic heterocycles. The number of hydrazine groups is 3. The Bertz CT molecular complexity index is 2560. The van der Waals surface area contributed by atoms with Crippen molar-refractivity contribution in [3.8, 4) is 17.9 Å². The van der Waals surface area contributed by atoms with Crippen LogP contribution in [0.3, 0.4) is 0 Å². The fourth-order valence-electron chi connectivity index (χ4n) is 3.61. The fourth-order valence-corrected chi connectivity index (χ4v) is 3.61. The molecule has 0 spiro atoms. The zero-order valence-corrected chi connectivity index (χ0v) is 92.6. The molecule has 0 saturated heterocycles. The van der Waals surface area contributed by atoms with Crippen LogP contribution in [-0.2, 0) is 136 Å². The number of H-pyrrole nitrogens is 1. The van der Waals surface area contributed by atoms with Gasteiger partial charge >= 0.3 is 208 Å². The first-order valence-corrected chi connectivity index (χ1v) is 33.4. The molecular formula is C65H130BrKN20O11SiW6. The van der Waals surface area contributed by atoms with E-state index in [1.54, 1.807) is 92.9 Å². The zero-order chi connectivity index (χ0) is 74.7. The smallest absolute Gasteiger partial charge is 0.812 e. The number of urea groups is 2. The van der Waals surface area contributed by atoms with Crippen molar-refractivity contribution < 1.29 is 226 Å². The molecule has 0 unspecified atom stereocenters. The van der Waals surface area contributed by atoms with E-state index in [1.165, 1.54) is 40.2 Å². The summed E-state index contributed by atoms with van der Waals surface area (Å²) in [5.74, 6) is 11.2. The number of carbonyl (C=O) groups excluding carboxylic acids is 5. The standard InChI is InChI=1S/C9H12N5O2.C9H10N5O.C9H18NO2.C5H4N2O2.C5H12N2O2.C4H10N3O.C4H10N.C4H12Si.C3H6Br.3C2H6.CHNO.6CH3.K.6W/c1-6(2)14(9(10)16)13-8(15)7-11-4-3-5-12-7;1-6(2)14-9(15)12-8(13-14)7-10-4-3-5-11-7;1-7(2)6-10-8(11)12-9(3,4)5;8-5(9)4-6-2-1-3-7-4;1-5(2,3)9-4(8)7-6;1-3(2)7(6)4(5)8;1-4(2)3-5;1-5(2,3)4;1-3(2)4;3*1-2;2-1-3;;;;;;;;;;;;;/h3-5H,1-2H3,(H2,10,16)(H,13,15);3-5H,1-2H3,(H,12,13,15);6H2,1-5H3,(H,10,11);1-3H,(H,8,9);6H2,1-3H3,(H,7,8);6H2,1-2H3,(H2,5,8);3,5H2,1-2H3;1-4H3;1-2H3;3*1-2H3;3H;6*1H3;;;;;;;/q3*-1;;;2*-1;;-1;;;;;6*-1;+1;6*+2/p-1. The summed E-state index contributed by atoms with van der Waals surface area (Å²) in [5, 5.41) is 31.8. The second-order valence-electron chi connectivity index (χ2n) is 21.5. The van der Waals surface area contributed by atoms with Gasteiger partial charge in [-0.3, -0.25) is 31.1 Å². The molecule has 4 aromatic rings. The van der Waals surface area contributed by atoms with Gasteiger partial charge in [0, 0.05) is 51.5 Å². The molecule has 40 heteroatoms. The first-order valence-electron chi connectivity index (χ1n) is 28.6. The van der Waals surface area contributed by atoms with E-state index in [2.05, 4.69) is 92.8 Å². The number of aromatic amines is 1. The van der Waals surface area contributed by atoms with Gasteiger partial charge in [0.2, 0.25) is 11.6 Å². The molecular weight excluding hydrogens is 2490 g/mol.